The van der Waals surface area contributed by atoms with Crippen LogP contribution >= 0.6 is 0 Å². The van der Waals surface area contributed by atoms with Crippen molar-refractivity contribution in [2.24, 2.45) is 0 Å². The number of pyridine rings is 1. The van der Waals surface area contributed by atoms with Gasteiger partial charge in [-0.2, -0.15) is 0 Å². The number of fused-ring (bicyclic) bond motifs is 1. The quantitative estimate of drug-likeness (QED) is 0.524. The molecular weight excluding hydrogens is 400 g/mol. The normalized spacial score (nSPS) is 13.5. The minimum Gasteiger partial charge on any atom is -0.451 e. The van der Waals surface area contributed by atoms with Crippen LogP contribution in [0.3, 0.4) is 0 Å². The minimum absolute atomic E-state index is 0.00185. The first-order valence-electron chi connectivity index (χ1n) is 9.21. The number of hydrogen-bond acceptors (Lipinski definition) is 6. The van der Waals surface area contributed by atoms with Gasteiger partial charge in [-0.25, -0.2) is 8.78 Å². The van der Waals surface area contributed by atoms with Crippen molar-refractivity contribution in [3.8, 4) is 5.75 Å². The van der Waals surface area contributed by atoms with Crippen molar-refractivity contribution in [2.75, 3.05) is 18.5 Å². The van der Waals surface area contributed by atoms with Gasteiger partial charge in [0.05, 0.1) is 6.54 Å². The maximum Gasteiger partial charge on any atom is 0.305 e. The van der Waals surface area contributed by atoms with Crippen molar-refractivity contribution in [3.05, 3.63) is 63.6 Å². The predicted octanol–water partition coefficient (Wildman–Crippen LogP) is 1.99. The van der Waals surface area contributed by atoms with E-state index < -0.39 is 35.7 Å². The van der Waals surface area contributed by atoms with Crippen molar-refractivity contribution in [1.82, 2.24) is 9.58 Å². The van der Waals surface area contributed by atoms with Gasteiger partial charge in [0, 0.05) is 36.9 Å². The van der Waals surface area contributed by atoms with Gasteiger partial charge in [0.15, 0.2) is 5.69 Å². The van der Waals surface area contributed by atoms with Crippen LogP contribution in [0, 0.1) is 11.6 Å². The zero-order valence-electron chi connectivity index (χ0n) is 16.7. The lowest BCUT2D eigenvalue weighted by atomic mass is 10.2. The molecule has 10 heteroatoms. The van der Waals surface area contributed by atoms with E-state index in [1.165, 1.54) is 34.8 Å². The molecule has 0 N–H and O–H groups in total. The van der Waals surface area contributed by atoms with Gasteiger partial charge in [-0.05, 0) is 19.9 Å². The summed E-state index contributed by atoms with van der Waals surface area (Å²) in [5, 5.41) is 1.62. The average molecular weight is 421 g/mol. The van der Waals surface area contributed by atoms with Crippen molar-refractivity contribution in [3.63, 3.8) is 0 Å². The molecule has 1 aliphatic rings. The van der Waals surface area contributed by atoms with Gasteiger partial charge < -0.3 is 14.4 Å². The fourth-order valence-electron chi connectivity index (χ4n) is 3.07. The highest BCUT2D eigenvalue weighted by molar-refractivity contribution is 5.96. The van der Waals surface area contributed by atoms with Gasteiger partial charge in [-0.3, -0.25) is 24.1 Å². The Morgan fingerprint density at radius 3 is 2.57 bits per heavy atom. The average Bonchev–Trinajstić information content (AvgIpc) is 2.66. The first kappa shape index (κ1) is 21.3. The number of rotatable bonds is 6. The Kier molecular flexibility index (Phi) is 6.04. The SMILES string of the molecule is CC(=O)OCOc1c2n(ccc1=O)N(Cc1ccc(F)cc1F)CN(C(C)C)C2=O. The van der Waals surface area contributed by atoms with Crippen LogP contribution in [0.25, 0.3) is 0 Å². The number of esters is 1. The zero-order valence-corrected chi connectivity index (χ0v) is 16.7. The molecule has 0 unspecified atom stereocenters. The fraction of sp³-hybridized carbons (Fsp3) is 0.350. The Bertz CT molecular complexity index is 1040. The largest absolute Gasteiger partial charge is 0.451 e. The summed E-state index contributed by atoms with van der Waals surface area (Å²) in [5.41, 5.74) is -0.432. The van der Waals surface area contributed by atoms with E-state index in [0.29, 0.717) is 0 Å². The molecule has 160 valence electrons. The second-order valence-corrected chi connectivity index (χ2v) is 7.01. The molecule has 0 aliphatic carbocycles. The van der Waals surface area contributed by atoms with E-state index in [-0.39, 0.29) is 36.3 Å². The molecule has 1 amide bonds. The van der Waals surface area contributed by atoms with E-state index in [2.05, 4.69) is 0 Å². The number of nitrogens with zero attached hydrogens (tertiary/aromatic N) is 3. The second-order valence-electron chi connectivity index (χ2n) is 7.01. The van der Waals surface area contributed by atoms with Crippen LogP contribution in [0.5, 0.6) is 5.75 Å². The van der Waals surface area contributed by atoms with Gasteiger partial charge in [0.1, 0.15) is 18.3 Å². The molecule has 2 heterocycles. The molecule has 1 aromatic carbocycles. The molecule has 0 spiro atoms. The standard InChI is InChI=1S/C20H21F2N3O5/c1-12(2)24-10-23(9-14-4-5-15(21)8-16(14)22)25-7-6-17(27)19(18(25)20(24)28)30-11-29-13(3)26/h4-8,12H,9-11H2,1-3H3. The molecule has 2 aromatic rings. The molecule has 8 nitrogen and oxygen atoms in total. The first-order valence-corrected chi connectivity index (χ1v) is 9.21. The summed E-state index contributed by atoms with van der Waals surface area (Å²) in [5.74, 6) is -2.77. The summed E-state index contributed by atoms with van der Waals surface area (Å²) in [6.07, 6.45) is 1.38. The summed E-state index contributed by atoms with van der Waals surface area (Å²) in [6, 6.07) is 4.21. The molecule has 0 radical (unpaired) electrons. The predicted molar refractivity (Wildman–Crippen MR) is 102 cm³/mol. The highest BCUT2D eigenvalue weighted by Gasteiger charge is 2.34. The van der Waals surface area contributed by atoms with E-state index in [4.69, 9.17) is 9.47 Å². The summed E-state index contributed by atoms with van der Waals surface area (Å²) < 4.78 is 38.9. The summed E-state index contributed by atoms with van der Waals surface area (Å²) in [7, 11) is 0. The van der Waals surface area contributed by atoms with Gasteiger partial charge in [-0.15, -0.1) is 0 Å². The molecule has 0 fully saturated rings. The summed E-state index contributed by atoms with van der Waals surface area (Å²) in [6.45, 7) is 4.34. The number of aromatic nitrogens is 1. The number of ether oxygens (including phenoxy) is 2. The van der Waals surface area contributed by atoms with Gasteiger partial charge in [0.25, 0.3) is 5.91 Å². The van der Waals surface area contributed by atoms with Gasteiger partial charge in [0.2, 0.25) is 18.0 Å². The molecule has 0 bridgehead atoms. The van der Waals surface area contributed by atoms with Crippen molar-refractivity contribution >= 4 is 11.9 Å². The van der Waals surface area contributed by atoms with Crippen LogP contribution < -0.4 is 15.2 Å². The maximum absolute atomic E-state index is 14.2. The zero-order chi connectivity index (χ0) is 22.0. The minimum atomic E-state index is -0.725. The first-order chi connectivity index (χ1) is 14.2. The Hall–Kier alpha value is -3.43. The molecule has 0 atom stereocenters. The monoisotopic (exact) mass is 421 g/mol. The lowest BCUT2D eigenvalue weighted by molar-refractivity contribution is -0.147. The van der Waals surface area contributed by atoms with E-state index in [0.717, 1.165) is 12.1 Å². The van der Waals surface area contributed by atoms with E-state index in [1.807, 2.05) is 0 Å². The van der Waals surface area contributed by atoms with Crippen LogP contribution in [-0.4, -0.2) is 41.0 Å². The topological polar surface area (TPSA) is 81.1 Å². The Balaban J connectivity index is 2.04. The van der Waals surface area contributed by atoms with Crippen LogP contribution in [0.1, 0.15) is 36.8 Å². The molecule has 3 rings (SSSR count). The fourth-order valence-corrected chi connectivity index (χ4v) is 3.07. The summed E-state index contributed by atoms with van der Waals surface area (Å²) in [4.78, 5) is 37.9. The van der Waals surface area contributed by atoms with Crippen LogP contribution in [0.4, 0.5) is 8.78 Å². The highest BCUT2D eigenvalue weighted by Crippen LogP contribution is 2.24. The third-order valence-corrected chi connectivity index (χ3v) is 4.58. The van der Waals surface area contributed by atoms with Crippen LogP contribution in [-0.2, 0) is 16.1 Å². The number of amides is 1. The van der Waals surface area contributed by atoms with Crippen molar-refractivity contribution in [1.29, 1.82) is 0 Å². The van der Waals surface area contributed by atoms with E-state index >= 15 is 0 Å². The van der Waals surface area contributed by atoms with Crippen molar-refractivity contribution < 1.29 is 27.8 Å². The smallest absolute Gasteiger partial charge is 0.305 e. The molecule has 0 saturated carbocycles. The Morgan fingerprint density at radius 2 is 1.93 bits per heavy atom. The molecular formula is C20H21F2N3O5. The van der Waals surface area contributed by atoms with Gasteiger partial charge in [-0.1, -0.05) is 6.07 Å². The Labute approximate surface area is 171 Å². The number of carbonyl (C=O) groups is 2. The molecule has 0 saturated heterocycles. The lowest BCUT2D eigenvalue weighted by Gasteiger charge is -2.41. The number of benzene rings is 1. The molecule has 1 aliphatic heterocycles. The van der Waals surface area contributed by atoms with Gasteiger partial charge >= 0.3 is 5.97 Å². The maximum atomic E-state index is 14.2. The molecule has 30 heavy (non-hydrogen) atoms. The summed E-state index contributed by atoms with van der Waals surface area (Å²) >= 11 is 0. The van der Waals surface area contributed by atoms with Crippen LogP contribution in [0.2, 0.25) is 0 Å². The third-order valence-electron chi connectivity index (χ3n) is 4.58. The number of halogens is 2. The number of carbonyl (C=O) groups excluding carboxylic acids is 2. The number of hydrogen-bond donors (Lipinski definition) is 0. The second kappa shape index (κ2) is 8.52. The molecule has 1 aromatic heterocycles. The third kappa shape index (κ3) is 4.27. The Morgan fingerprint density at radius 1 is 1.20 bits per heavy atom. The lowest BCUT2D eigenvalue weighted by Crippen LogP contribution is -2.56. The van der Waals surface area contributed by atoms with E-state index in [1.54, 1.807) is 18.9 Å². The highest BCUT2D eigenvalue weighted by atomic mass is 19.1. The van der Waals surface area contributed by atoms with Crippen LogP contribution in [0.15, 0.2) is 35.3 Å². The van der Waals surface area contributed by atoms with Crippen molar-refractivity contribution in [2.45, 2.75) is 33.4 Å². The van der Waals surface area contributed by atoms with E-state index in [9.17, 15) is 23.2 Å².